The van der Waals surface area contributed by atoms with Crippen LogP contribution >= 0.6 is 12.4 Å². The Labute approximate surface area is 168 Å². The fourth-order valence-electron chi connectivity index (χ4n) is 3.25. The third-order valence-corrected chi connectivity index (χ3v) is 6.73. The summed E-state index contributed by atoms with van der Waals surface area (Å²) in [6.45, 7) is 6.10. The molecule has 0 bridgehead atoms. The van der Waals surface area contributed by atoms with Gasteiger partial charge < -0.3 is 5.32 Å². The van der Waals surface area contributed by atoms with Gasteiger partial charge in [0.2, 0.25) is 10.0 Å². The first-order valence-corrected chi connectivity index (χ1v) is 10.6. The molecule has 7 heteroatoms. The Morgan fingerprint density at radius 3 is 2.59 bits per heavy atom. The van der Waals surface area contributed by atoms with Gasteiger partial charge >= 0.3 is 0 Å². The van der Waals surface area contributed by atoms with Crippen LogP contribution in [-0.4, -0.2) is 37.3 Å². The molecule has 1 fully saturated rings. The average Bonchev–Trinajstić information content (AvgIpc) is 2.67. The second-order valence-corrected chi connectivity index (χ2v) is 9.09. The zero-order valence-corrected chi connectivity index (χ0v) is 17.5. The van der Waals surface area contributed by atoms with E-state index in [1.54, 1.807) is 28.8 Å². The van der Waals surface area contributed by atoms with Crippen molar-refractivity contribution in [2.24, 2.45) is 5.92 Å². The molecule has 0 radical (unpaired) electrons. The van der Waals surface area contributed by atoms with E-state index in [1.165, 1.54) is 5.56 Å². The van der Waals surface area contributed by atoms with E-state index in [2.05, 4.69) is 24.1 Å². The number of sulfonamides is 1. The number of aryl methyl sites for hydroxylation is 1. The Morgan fingerprint density at radius 1 is 1.22 bits per heavy atom. The molecule has 2 heterocycles. The highest BCUT2D eigenvalue weighted by molar-refractivity contribution is 7.89. The summed E-state index contributed by atoms with van der Waals surface area (Å²) in [7, 11) is -3.54. The molecular weight excluding hydrogens is 382 g/mol. The van der Waals surface area contributed by atoms with Crippen LogP contribution in [0.1, 0.15) is 37.4 Å². The molecule has 1 aromatic carbocycles. The van der Waals surface area contributed by atoms with Crippen molar-refractivity contribution in [3.8, 4) is 0 Å². The van der Waals surface area contributed by atoms with E-state index in [1.807, 2.05) is 24.3 Å². The minimum Gasteiger partial charge on any atom is -0.313 e. The van der Waals surface area contributed by atoms with Gasteiger partial charge in [-0.05, 0) is 48.1 Å². The quantitative estimate of drug-likeness (QED) is 0.793. The van der Waals surface area contributed by atoms with Gasteiger partial charge in [-0.1, -0.05) is 32.0 Å². The van der Waals surface area contributed by atoms with Gasteiger partial charge in [-0.2, -0.15) is 4.31 Å². The first-order chi connectivity index (χ1) is 12.5. The van der Waals surface area contributed by atoms with Crippen LogP contribution in [0, 0.1) is 5.92 Å². The lowest BCUT2D eigenvalue weighted by Crippen LogP contribution is -2.48. The van der Waals surface area contributed by atoms with E-state index in [0.717, 1.165) is 18.4 Å². The molecule has 3 rings (SSSR count). The summed E-state index contributed by atoms with van der Waals surface area (Å²) in [4.78, 5) is 4.51. The molecule has 0 aliphatic carbocycles. The van der Waals surface area contributed by atoms with Crippen LogP contribution < -0.4 is 5.32 Å². The van der Waals surface area contributed by atoms with Crippen molar-refractivity contribution in [2.75, 3.05) is 19.6 Å². The maximum absolute atomic E-state index is 13.2. The standard InChI is InChI=1S/C20H27N3O2S.ClH/c1-16(2)5-6-17-7-9-19(10-8-17)26(24,25)23-13-12-22-15-20(23)18-4-3-11-21-14-18;/h3-4,7-11,14,16,20,22H,5-6,12-13,15H2,1-2H3;1H. The highest BCUT2D eigenvalue weighted by Gasteiger charge is 2.34. The Morgan fingerprint density at radius 2 is 1.96 bits per heavy atom. The van der Waals surface area contributed by atoms with Crippen molar-refractivity contribution < 1.29 is 8.42 Å². The highest BCUT2D eigenvalue weighted by Crippen LogP contribution is 2.28. The van der Waals surface area contributed by atoms with Crippen molar-refractivity contribution in [1.29, 1.82) is 0 Å². The summed E-state index contributed by atoms with van der Waals surface area (Å²) >= 11 is 0. The second kappa shape index (κ2) is 9.64. The molecule has 5 nitrogen and oxygen atoms in total. The van der Waals surface area contributed by atoms with Crippen LogP contribution in [0.15, 0.2) is 53.7 Å². The summed E-state index contributed by atoms with van der Waals surface area (Å²) in [5.74, 6) is 0.638. The molecule has 1 unspecified atom stereocenters. The Balaban J connectivity index is 0.00000261. The summed E-state index contributed by atoms with van der Waals surface area (Å²) < 4.78 is 28.1. The molecule has 148 valence electrons. The summed E-state index contributed by atoms with van der Waals surface area (Å²) in [5, 5.41) is 3.29. The van der Waals surface area contributed by atoms with Crippen molar-refractivity contribution in [3.05, 3.63) is 59.9 Å². The molecule has 1 aliphatic rings. The number of nitrogens with zero attached hydrogens (tertiary/aromatic N) is 2. The first kappa shape index (κ1) is 21.8. The monoisotopic (exact) mass is 409 g/mol. The van der Waals surface area contributed by atoms with Gasteiger partial charge in [0, 0.05) is 32.0 Å². The van der Waals surface area contributed by atoms with Crippen molar-refractivity contribution >= 4 is 22.4 Å². The predicted molar refractivity (Wildman–Crippen MR) is 111 cm³/mol. The zero-order valence-electron chi connectivity index (χ0n) is 15.8. The Kier molecular flexibility index (Phi) is 7.79. The van der Waals surface area contributed by atoms with Crippen LogP contribution in [0.4, 0.5) is 0 Å². The molecule has 1 aromatic heterocycles. The highest BCUT2D eigenvalue weighted by atomic mass is 35.5. The van der Waals surface area contributed by atoms with Crippen LogP contribution in [0.2, 0.25) is 0 Å². The van der Waals surface area contributed by atoms with E-state index >= 15 is 0 Å². The second-order valence-electron chi connectivity index (χ2n) is 7.20. The average molecular weight is 410 g/mol. The minimum absolute atomic E-state index is 0. The van der Waals surface area contributed by atoms with Crippen LogP contribution in [0.25, 0.3) is 0 Å². The number of benzene rings is 1. The van der Waals surface area contributed by atoms with Gasteiger partial charge in [-0.25, -0.2) is 8.42 Å². The van der Waals surface area contributed by atoms with Crippen LogP contribution in [0.3, 0.4) is 0 Å². The van der Waals surface area contributed by atoms with Crippen molar-refractivity contribution in [1.82, 2.24) is 14.6 Å². The topological polar surface area (TPSA) is 62.3 Å². The molecule has 1 aliphatic heterocycles. The Bertz CT molecular complexity index is 811. The van der Waals surface area contributed by atoms with Gasteiger partial charge in [-0.15, -0.1) is 12.4 Å². The summed E-state index contributed by atoms with van der Waals surface area (Å²) in [6.07, 6.45) is 5.53. The molecule has 2 aromatic rings. The third-order valence-electron chi connectivity index (χ3n) is 4.80. The molecule has 27 heavy (non-hydrogen) atoms. The maximum atomic E-state index is 13.2. The summed E-state index contributed by atoms with van der Waals surface area (Å²) in [6, 6.07) is 10.9. The fourth-order valence-corrected chi connectivity index (χ4v) is 4.86. The third kappa shape index (κ3) is 5.29. The Hall–Kier alpha value is -1.47. The molecule has 1 atom stereocenters. The molecule has 1 N–H and O–H groups in total. The smallest absolute Gasteiger partial charge is 0.243 e. The van der Waals surface area contributed by atoms with Gasteiger partial charge in [0.1, 0.15) is 0 Å². The van der Waals surface area contributed by atoms with Gasteiger partial charge in [0.15, 0.2) is 0 Å². The fraction of sp³-hybridized carbons (Fsp3) is 0.450. The molecule has 0 saturated carbocycles. The van der Waals surface area contributed by atoms with Crippen LogP contribution in [-0.2, 0) is 16.4 Å². The molecule has 1 saturated heterocycles. The summed E-state index contributed by atoms with van der Waals surface area (Å²) in [5.41, 5.74) is 2.10. The number of halogens is 1. The van der Waals surface area contributed by atoms with Crippen LogP contribution in [0.5, 0.6) is 0 Å². The van der Waals surface area contributed by atoms with E-state index in [-0.39, 0.29) is 18.4 Å². The van der Waals surface area contributed by atoms with E-state index in [9.17, 15) is 8.42 Å². The van der Waals surface area contributed by atoms with E-state index < -0.39 is 10.0 Å². The van der Waals surface area contributed by atoms with E-state index in [4.69, 9.17) is 0 Å². The molecule has 0 spiro atoms. The zero-order chi connectivity index (χ0) is 18.6. The lowest BCUT2D eigenvalue weighted by molar-refractivity contribution is 0.271. The predicted octanol–water partition coefficient (Wildman–Crippen LogP) is 3.43. The SMILES string of the molecule is CC(C)CCc1ccc(S(=O)(=O)N2CCNCC2c2cccnc2)cc1.Cl. The van der Waals surface area contributed by atoms with Crippen molar-refractivity contribution in [2.45, 2.75) is 37.6 Å². The van der Waals surface area contributed by atoms with Gasteiger partial charge in [0.05, 0.1) is 10.9 Å². The number of nitrogens with one attached hydrogen (secondary N) is 1. The van der Waals surface area contributed by atoms with Crippen molar-refractivity contribution in [3.63, 3.8) is 0 Å². The number of rotatable bonds is 6. The number of piperazine rings is 1. The molecule has 0 amide bonds. The lowest BCUT2D eigenvalue weighted by Gasteiger charge is -2.35. The minimum atomic E-state index is -3.54. The normalized spacial score (nSPS) is 18.3. The number of hydrogen-bond donors (Lipinski definition) is 1. The number of pyridine rings is 1. The number of aromatic nitrogens is 1. The first-order valence-electron chi connectivity index (χ1n) is 9.20. The van der Waals surface area contributed by atoms with E-state index in [0.29, 0.717) is 30.4 Å². The lowest BCUT2D eigenvalue weighted by atomic mass is 10.0. The largest absolute Gasteiger partial charge is 0.313 e. The van der Waals surface area contributed by atoms with Gasteiger partial charge in [0.25, 0.3) is 0 Å². The maximum Gasteiger partial charge on any atom is 0.243 e. The molecular formula is C20H28ClN3O2S. The van der Waals surface area contributed by atoms with Gasteiger partial charge in [-0.3, -0.25) is 4.98 Å². The number of hydrogen-bond acceptors (Lipinski definition) is 4.